The van der Waals surface area contributed by atoms with Gasteiger partial charge >= 0.3 is 0 Å². The van der Waals surface area contributed by atoms with Gasteiger partial charge in [-0.25, -0.2) is 8.42 Å². The number of nitrogens with zero attached hydrogens (tertiary/aromatic N) is 2. The minimum Gasteiger partial charge on any atom is -0.312 e. The van der Waals surface area contributed by atoms with E-state index in [9.17, 15) is 13.2 Å². The van der Waals surface area contributed by atoms with Crippen LogP contribution in [0.4, 0.5) is 5.69 Å². The highest BCUT2D eigenvalue weighted by atomic mass is 32.2. The highest BCUT2D eigenvalue weighted by Crippen LogP contribution is 2.26. The zero-order valence-corrected chi connectivity index (χ0v) is 14.3. The summed E-state index contributed by atoms with van der Waals surface area (Å²) in [4.78, 5) is 13.8. The SMILES string of the molecule is CC1NCCN(S(=O)(=O)c2ccc(N3CCCC3=O)cc2)C1C. The predicted octanol–water partition coefficient (Wildman–Crippen LogP) is 1.18. The lowest BCUT2D eigenvalue weighted by Gasteiger charge is -2.37. The molecule has 0 saturated carbocycles. The molecule has 3 rings (SSSR count). The van der Waals surface area contributed by atoms with Gasteiger partial charge in [-0.05, 0) is 44.5 Å². The number of sulfonamides is 1. The maximum absolute atomic E-state index is 12.9. The first kappa shape index (κ1) is 16.4. The van der Waals surface area contributed by atoms with Gasteiger partial charge in [0.25, 0.3) is 0 Å². The van der Waals surface area contributed by atoms with E-state index < -0.39 is 10.0 Å². The third-order valence-corrected chi connectivity index (χ3v) is 6.81. The molecule has 23 heavy (non-hydrogen) atoms. The fourth-order valence-corrected chi connectivity index (χ4v) is 4.92. The molecule has 0 spiro atoms. The third kappa shape index (κ3) is 3.00. The van der Waals surface area contributed by atoms with Gasteiger partial charge in [-0.2, -0.15) is 4.31 Å². The summed E-state index contributed by atoms with van der Waals surface area (Å²) in [5.74, 6) is 0.102. The number of piperazine rings is 1. The Balaban J connectivity index is 1.84. The average Bonchev–Trinajstić information content (AvgIpc) is 2.96. The summed E-state index contributed by atoms with van der Waals surface area (Å²) in [5.41, 5.74) is 0.771. The van der Waals surface area contributed by atoms with Crippen LogP contribution in [0.1, 0.15) is 26.7 Å². The first-order valence-corrected chi connectivity index (χ1v) is 9.51. The van der Waals surface area contributed by atoms with Crippen LogP contribution in [0.25, 0.3) is 0 Å². The summed E-state index contributed by atoms with van der Waals surface area (Å²) in [5, 5.41) is 3.29. The minimum absolute atomic E-state index is 0.0893. The van der Waals surface area contributed by atoms with Crippen LogP contribution in [0.5, 0.6) is 0 Å². The third-order valence-electron chi connectivity index (χ3n) is 4.80. The lowest BCUT2D eigenvalue weighted by Crippen LogP contribution is -2.57. The molecule has 126 valence electrons. The van der Waals surface area contributed by atoms with Gasteiger partial charge in [0.15, 0.2) is 0 Å². The van der Waals surface area contributed by atoms with Gasteiger partial charge < -0.3 is 10.2 Å². The molecular weight excluding hydrogens is 314 g/mol. The Labute approximate surface area is 137 Å². The Bertz CT molecular complexity index is 687. The molecule has 0 radical (unpaired) electrons. The van der Waals surface area contributed by atoms with E-state index in [4.69, 9.17) is 0 Å². The smallest absolute Gasteiger partial charge is 0.243 e. The van der Waals surface area contributed by atoms with Crippen molar-refractivity contribution in [3.8, 4) is 0 Å². The second-order valence-electron chi connectivity index (χ2n) is 6.24. The van der Waals surface area contributed by atoms with Gasteiger partial charge in [-0.1, -0.05) is 0 Å². The molecule has 1 amide bonds. The highest BCUT2D eigenvalue weighted by Gasteiger charge is 2.34. The van der Waals surface area contributed by atoms with Crippen LogP contribution >= 0.6 is 0 Å². The van der Waals surface area contributed by atoms with E-state index in [1.54, 1.807) is 33.5 Å². The summed E-state index contributed by atoms with van der Waals surface area (Å²) in [6.45, 7) is 5.75. The molecule has 2 atom stereocenters. The van der Waals surface area contributed by atoms with E-state index in [-0.39, 0.29) is 22.9 Å². The molecule has 2 aliphatic heterocycles. The molecule has 2 saturated heterocycles. The molecule has 0 aromatic heterocycles. The van der Waals surface area contributed by atoms with Crippen LogP contribution in [0.3, 0.4) is 0 Å². The number of carbonyl (C=O) groups is 1. The Morgan fingerprint density at radius 3 is 2.43 bits per heavy atom. The van der Waals surface area contributed by atoms with Crippen molar-refractivity contribution in [2.75, 3.05) is 24.5 Å². The second kappa shape index (κ2) is 6.22. The van der Waals surface area contributed by atoms with Crippen molar-refractivity contribution in [2.45, 2.75) is 43.7 Å². The Morgan fingerprint density at radius 2 is 1.83 bits per heavy atom. The van der Waals surface area contributed by atoms with Crippen LogP contribution < -0.4 is 10.2 Å². The number of benzene rings is 1. The molecule has 2 heterocycles. The van der Waals surface area contributed by atoms with Crippen molar-refractivity contribution in [3.05, 3.63) is 24.3 Å². The van der Waals surface area contributed by atoms with Gasteiger partial charge in [-0.3, -0.25) is 4.79 Å². The van der Waals surface area contributed by atoms with Gasteiger partial charge in [-0.15, -0.1) is 0 Å². The van der Waals surface area contributed by atoms with Gasteiger partial charge in [0.1, 0.15) is 0 Å². The van der Waals surface area contributed by atoms with E-state index in [1.165, 1.54) is 0 Å². The quantitative estimate of drug-likeness (QED) is 0.899. The molecule has 6 nitrogen and oxygen atoms in total. The monoisotopic (exact) mass is 337 g/mol. The molecule has 2 unspecified atom stereocenters. The van der Waals surface area contributed by atoms with Crippen molar-refractivity contribution in [1.82, 2.24) is 9.62 Å². The normalized spacial score (nSPS) is 26.7. The van der Waals surface area contributed by atoms with E-state index in [1.807, 2.05) is 13.8 Å². The molecule has 0 aliphatic carbocycles. The van der Waals surface area contributed by atoms with E-state index in [0.717, 1.165) is 12.1 Å². The van der Waals surface area contributed by atoms with Crippen LogP contribution in [-0.2, 0) is 14.8 Å². The first-order valence-electron chi connectivity index (χ1n) is 8.07. The van der Waals surface area contributed by atoms with Crippen molar-refractivity contribution >= 4 is 21.6 Å². The molecule has 1 N–H and O–H groups in total. The fraction of sp³-hybridized carbons (Fsp3) is 0.562. The number of amides is 1. The minimum atomic E-state index is -3.51. The van der Waals surface area contributed by atoms with Gasteiger partial charge in [0.05, 0.1) is 4.90 Å². The zero-order chi connectivity index (χ0) is 16.6. The van der Waals surface area contributed by atoms with Crippen LogP contribution in [-0.4, -0.2) is 50.3 Å². The molecule has 7 heteroatoms. The van der Waals surface area contributed by atoms with Crippen LogP contribution in [0, 0.1) is 0 Å². The second-order valence-corrected chi connectivity index (χ2v) is 8.13. The average molecular weight is 337 g/mol. The molecule has 1 aromatic rings. The molecular formula is C16H23N3O3S. The summed E-state index contributed by atoms with van der Waals surface area (Å²) in [7, 11) is -3.51. The van der Waals surface area contributed by atoms with E-state index in [2.05, 4.69) is 5.32 Å². The van der Waals surface area contributed by atoms with Crippen molar-refractivity contribution < 1.29 is 13.2 Å². The molecule has 1 aromatic carbocycles. The fourth-order valence-electron chi connectivity index (χ4n) is 3.22. The summed E-state index contributed by atoms with van der Waals surface area (Å²) < 4.78 is 27.3. The maximum atomic E-state index is 12.9. The van der Waals surface area contributed by atoms with Crippen molar-refractivity contribution in [3.63, 3.8) is 0 Å². The number of carbonyl (C=O) groups excluding carboxylic acids is 1. The van der Waals surface area contributed by atoms with Crippen molar-refractivity contribution in [2.24, 2.45) is 0 Å². The number of hydrogen-bond donors (Lipinski definition) is 1. The Hall–Kier alpha value is -1.44. The van der Waals surface area contributed by atoms with Crippen LogP contribution in [0.2, 0.25) is 0 Å². The number of rotatable bonds is 3. The highest BCUT2D eigenvalue weighted by molar-refractivity contribution is 7.89. The number of anilines is 1. The number of nitrogens with one attached hydrogen (secondary N) is 1. The zero-order valence-electron chi connectivity index (χ0n) is 13.5. The summed E-state index contributed by atoms with van der Waals surface area (Å²) in [6, 6.07) is 6.71. The van der Waals surface area contributed by atoms with Gasteiger partial charge in [0, 0.05) is 43.8 Å². The largest absolute Gasteiger partial charge is 0.312 e. The summed E-state index contributed by atoms with van der Waals surface area (Å²) >= 11 is 0. The molecule has 2 fully saturated rings. The van der Waals surface area contributed by atoms with Crippen molar-refractivity contribution in [1.29, 1.82) is 0 Å². The number of hydrogen-bond acceptors (Lipinski definition) is 4. The Kier molecular flexibility index (Phi) is 4.44. The molecule has 2 aliphatic rings. The maximum Gasteiger partial charge on any atom is 0.243 e. The predicted molar refractivity (Wildman–Crippen MR) is 88.8 cm³/mol. The lowest BCUT2D eigenvalue weighted by molar-refractivity contribution is -0.117. The Morgan fingerprint density at radius 1 is 1.13 bits per heavy atom. The molecule has 0 bridgehead atoms. The first-order chi connectivity index (χ1) is 10.9. The van der Waals surface area contributed by atoms with E-state index in [0.29, 0.717) is 26.1 Å². The van der Waals surface area contributed by atoms with Gasteiger partial charge in [0.2, 0.25) is 15.9 Å². The van der Waals surface area contributed by atoms with E-state index >= 15 is 0 Å². The summed E-state index contributed by atoms with van der Waals surface area (Å²) in [6.07, 6.45) is 1.42. The standard InChI is InChI=1S/C16H23N3O3S/c1-12-13(2)19(11-9-17-12)23(21,22)15-7-5-14(6-8-15)18-10-3-4-16(18)20/h5-8,12-13,17H,3-4,9-11H2,1-2H3. The van der Waals surface area contributed by atoms with Crippen LogP contribution in [0.15, 0.2) is 29.2 Å². The lowest BCUT2D eigenvalue weighted by atomic mass is 10.1. The topological polar surface area (TPSA) is 69.7 Å².